The summed E-state index contributed by atoms with van der Waals surface area (Å²) in [6.07, 6.45) is 0.389. The molecule has 0 amide bonds. The quantitative estimate of drug-likeness (QED) is 0.703. The third-order valence-electron chi connectivity index (χ3n) is 3.45. The van der Waals surface area contributed by atoms with E-state index in [4.69, 9.17) is 11.6 Å². The summed E-state index contributed by atoms with van der Waals surface area (Å²) >= 11 is 5.86. The molecule has 0 radical (unpaired) electrons. The number of H-pyrrole nitrogens is 1. The fraction of sp³-hybridized carbons (Fsp3) is 0.118. The van der Waals surface area contributed by atoms with Crippen LogP contribution in [0.3, 0.4) is 0 Å². The Kier molecular flexibility index (Phi) is 3.33. The number of para-hydroxylation sites is 1. The van der Waals surface area contributed by atoms with E-state index in [1.165, 1.54) is 0 Å². The molecule has 100 valence electrons. The van der Waals surface area contributed by atoms with Crippen LogP contribution >= 0.6 is 11.6 Å². The first kappa shape index (κ1) is 12.9. The number of fused-ring (bicyclic) bond motifs is 1. The summed E-state index contributed by atoms with van der Waals surface area (Å²) in [4.78, 5) is 15.8. The average molecular weight is 284 g/mol. The van der Waals surface area contributed by atoms with Crippen LogP contribution in [0.4, 0.5) is 0 Å². The number of nitrogens with one attached hydrogen (secondary N) is 1. The Bertz CT molecular complexity index is 771. The molecule has 2 nitrogen and oxygen atoms in total. The van der Waals surface area contributed by atoms with Crippen molar-refractivity contribution >= 4 is 28.3 Å². The molecule has 2 aromatic carbocycles. The third kappa shape index (κ3) is 2.35. The number of carbonyl (C=O) groups excluding carboxylic acids is 1. The summed E-state index contributed by atoms with van der Waals surface area (Å²) in [7, 11) is 0. The monoisotopic (exact) mass is 283 g/mol. The van der Waals surface area contributed by atoms with E-state index in [0.717, 1.165) is 27.7 Å². The summed E-state index contributed by atoms with van der Waals surface area (Å²) in [6.45, 7) is 1.94. The van der Waals surface area contributed by atoms with Crippen LogP contribution in [0.15, 0.2) is 48.5 Å². The molecular weight excluding hydrogens is 270 g/mol. The van der Waals surface area contributed by atoms with Gasteiger partial charge in [0, 0.05) is 33.6 Å². The SMILES string of the molecule is Cc1[nH]c2ccccc2c1C(=O)Cc1ccc(Cl)cc1. The van der Waals surface area contributed by atoms with Crippen LogP contribution in [0.5, 0.6) is 0 Å². The first-order valence-corrected chi connectivity index (χ1v) is 6.88. The van der Waals surface area contributed by atoms with Gasteiger partial charge in [-0.15, -0.1) is 0 Å². The van der Waals surface area contributed by atoms with Gasteiger partial charge in [-0.2, -0.15) is 0 Å². The van der Waals surface area contributed by atoms with Crippen LogP contribution in [-0.4, -0.2) is 10.8 Å². The number of halogens is 1. The molecule has 0 atom stereocenters. The Hall–Kier alpha value is -2.06. The zero-order valence-electron chi connectivity index (χ0n) is 11.1. The highest BCUT2D eigenvalue weighted by atomic mass is 35.5. The van der Waals surface area contributed by atoms with Crippen LogP contribution < -0.4 is 0 Å². The van der Waals surface area contributed by atoms with Crippen molar-refractivity contribution in [2.45, 2.75) is 13.3 Å². The van der Waals surface area contributed by atoms with E-state index in [2.05, 4.69) is 4.98 Å². The van der Waals surface area contributed by atoms with Gasteiger partial charge in [0.05, 0.1) is 0 Å². The number of Topliss-reactive ketones (excluding diaryl/α,β-unsaturated/α-hetero) is 1. The maximum Gasteiger partial charge on any atom is 0.169 e. The predicted octanol–water partition coefficient (Wildman–Crippen LogP) is 4.56. The molecule has 0 bridgehead atoms. The van der Waals surface area contributed by atoms with Gasteiger partial charge in [0.2, 0.25) is 0 Å². The molecule has 3 rings (SSSR count). The topological polar surface area (TPSA) is 32.9 Å². The second-order valence-electron chi connectivity index (χ2n) is 4.90. The van der Waals surface area contributed by atoms with Gasteiger partial charge in [0.25, 0.3) is 0 Å². The van der Waals surface area contributed by atoms with Crippen LogP contribution in [0.25, 0.3) is 10.9 Å². The van der Waals surface area contributed by atoms with Crippen molar-refractivity contribution in [3.63, 3.8) is 0 Å². The number of hydrogen-bond donors (Lipinski definition) is 1. The zero-order chi connectivity index (χ0) is 14.1. The maximum atomic E-state index is 12.5. The molecule has 3 aromatic rings. The molecule has 1 aromatic heterocycles. The van der Waals surface area contributed by atoms with Gasteiger partial charge in [-0.1, -0.05) is 41.9 Å². The van der Waals surface area contributed by atoms with Crippen molar-refractivity contribution in [2.24, 2.45) is 0 Å². The number of aromatic amines is 1. The lowest BCUT2D eigenvalue weighted by molar-refractivity contribution is 0.0994. The number of hydrogen-bond acceptors (Lipinski definition) is 1. The number of carbonyl (C=O) groups is 1. The molecule has 0 fully saturated rings. The van der Waals surface area contributed by atoms with Crippen molar-refractivity contribution in [2.75, 3.05) is 0 Å². The maximum absolute atomic E-state index is 12.5. The molecule has 3 heteroatoms. The fourth-order valence-corrected chi connectivity index (χ4v) is 2.64. The fourth-order valence-electron chi connectivity index (χ4n) is 2.51. The number of aromatic nitrogens is 1. The predicted molar refractivity (Wildman–Crippen MR) is 82.5 cm³/mol. The molecule has 0 unspecified atom stereocenters. The minimum absolute atomic E-state index is 0.127. The molecule has 1 heterocycles. The van der Waals surface area contributed by atoms with E-state index >= 15 is 0 Å². The van der Waals surface area contributed by atoms with Gasteiger partial charge >= 0.3 is 0 Å². The molecule has 0 aliphatic carbocycles. The Morgan fingerprint density at radius 3 is 2.55 bits per heavy atom. The Morgan fingerprint density at radius 1 is 1.10 bits per heavy atom. The second-order valence-corrected chi connectivity index (χ2v) is 5.33. The second kappa shape index (κ2) is 5.14. The lowest BCUT2D eigenvalue weighted by atomic mass is 10.0. The van der Waals surface area contributed by atoms with E-state index in [9.17, 15) is 4.79 Å². The van der Waals surface area contributed by atoms with Gasteiger partial charge in [0.15, 0.2) is 5.78 Å². The number of rotatable bonds is 3. The van der Waals surface area contributed by atoms with Gasteiger partial charge in [-0.25, -0.2) is 0 Å². The van der Waals surface area contributed by atoms with Crippen molar-refractivity contribution in [1.29, 1.82) is 0 Å². The zero-order valence-corrected chi connectivity index (χ0v) is 11.9. The molecule has 20 heavy (non-hydrogen) atoms. The van der Waals surface area contributed by atoms with E-state index < -0.39 is 0 Å². The van der Waals surface area contributed by atoms with Crippen molar-refractivity contribution in [3.05, 3.63) is 70.4 Å². The van der Waals surface area contributed by atoms with Crippen LogP contribution in [0.1, 0.15) is 21.6 Å². The highest BCUT2D eigenvalue weighted by Gasteiger charge is 2.15. The van der Waals surface area contributed by atoms with Crippen LogP contribution in [0, 0.1) is 6.92 Å². The number of ketones is 1. The standard InChI is InChI=1S/C17H14ClNO/c1-11-17(14-4-2-3-5-15(14)19-11)16(20)10-12-6-8-13(18)9-7-12/h2-9,19H,10H2,1H3. The van der Waals surface area contributed by atoms with Gasteiger partial charge in [-0.3, -0.25) is 4.79 Å². The molecular formula is C17H14ClNO. The molecule has 0 aliphatic heterocycles. The van der Waals surface area contributed by atoms with E-state index in [1.54, 1.807) is 0 Å². The Labute approximate surface area is 122 Å². The van der Waals surface area contributed by atoms with Crippen molar-refractivity contribution in [3.8, 4) is 0 Å². The molecule has 0 saturated heterocycles. The summed E-state index contributed by atoms with van der Waals surface area (Å²) in [5.74, 6) is 0.127. The van der Waals surface area contributed by atoms with Crippen LogP contribution in [-0.2, 0) is 6.42 Å². The van der Waals surface area contributed by atoms with E-state index in [1.807, 2.05) is 55.5 Å². The van der Waals surface area contributed by atoms with Crippen molar-refractivity contribution < 1.29 is 4.79 Å². The summed E-state index contributed by atoms with van der Waals surface area (Å²) < 4.78 is 0. The average Bonchev–Trinajstić information content (AvgIpc) is 2.77. The van der Waals surface area contributed by atoms with Gasteiger partial charge < -0.3 is 4.98 Å². The normalized spacial score (nSPS) is 10.9. The van der Waals surface area contributed by atoms with Crippen molar-refractivity contribution in [1.82, 2.24) is 4.98 Å². The third-order valence-corrected chi connectivity index (χ3v) is 3.70. The molecule has 0 saturated carbocycles. The first-order chi connectivity index (χ1) is 9.65. The smallest absolute Gasteiger partial charge is 0.169 e. The Balaban J connectivity index is 1.96. The molecule has 0 spiro atoms. The number of benzene rings is 2. The molecule has 1 N–H and O–H groups in total. The van der Waals surface area contributed by atoms with Gasteiger partial charge in [-0.05, 0) is 30.7 Å². The lowest BCUT2D eigenvalue weighted by Crippen LogP contribution is -2.04. The van der Waals surface area contributed by atoms with E-state index in [0.29, 0.717) is 11.4 Å². The highest BCUT2D eigenvalue weighted by Crippen LogP contribution is 2.23. The Morgan fingerprint density at radius 2 is 1.80 bits per heavy atom. The van der Waals surface area contributed by atoms with E-state index in [-0.39, 0.29) is 5.78 Å². The first-order valence-electron chi connectivity index (χ1n) is 6.50. The highest BCUT2D eigenvalue weighted by molar-refractivity contribution is 6.30. The lowest BCUT2D eigenvalue weighted by Gasteiger charge is -2.02. The van der Waals surface area contributed by atoms with Crippen LogP contribution in [0.2, 0.25) is 5.02 Å². The van der Waals surface area contributed by atoms with Gasteiger partial charge in [0.1, 0.15) is 0 Å². The summed E-state index contributed by atoms with van der Waals surface area (Å²) in [5, 5.41) is 1.67. The minimum Gasteiger partial charge on any atom is -0.358 e. The summed E-state index contributed by atoms with van der Waals surface area (Å²) in [5.41, 5.74) is 3.69. The largest absolute Gasteiger partial charge is 0.358 e. The number of aryl methyl sites for hydroxylation is 1. The minimum atomic E-state index is 0.127. The summed E-state index contributed by atoms with van der Waals surface area (Å²) in [6, 6.07) is 15.3. The molecule has 0 aliphatic rings.